The van der Waals surface area contributed by atoms with Crippen LogP contribution in [0.1, 0.15) is 32.0 Å². The van der Waals surface area contributed by atoms with Crippen molar-refractivity contribution in [3.63, 3.8) is 0 Å². The molecule has 10 nitrogen and oxygen atoms in total. The molecule has 0 atom stereocenters. The number of pyridine rings is 1. The van der Waals surface area contributed by atoms with Crippen LogP contribution in [0.2, 0.25) is 0 Å². The highest BCUT2D eigenvalue weighted by molar-refractivity contribution is 5.90. The molecular weight excluding hydrogens is 400 g/mol. The minimum Gasteiger partial charge on any atom is -0.309 e. The predicted molar refractivity (Wildman–Crippen MR) is 113 cm³/mol. The summed E-state index contributed by atoms with van der Waals surface area (Å²) >= 11 is 0. The van der Waals surface area contributed by atoms with Gasteiger partial charge in [0.15, 0.2) is 0 Å². The number of nitriles is 1. The van der Waals surface area contributed by atoms with Crippen molar-refractivity contribution in [2.24, 2.45) is 0 Å². The van der Waals surface area contributed by atoms with Gasteiger partial charge in [0.2, 0.25) is 5.91 Å². The van der Waals surface area contributed by atoms with Crippen LogP contribution >= 0.6 is 0 Å². The Balaban J connectivity index is 1.95. The molecule has 3 rings (SSSR count). The summed E-state index contributed by atoms with van der Waals surface area (Å²) in [6.45, 7) is 5.47. The molecule has 0 aliphatic carbocycles. The average Bonchev–Trinajstić information content (AvgIpc) is 3.14. The maximum atomic E-state index is 12.7. The third-order valence-electron chi connectivity index (χ3n) is 4.46. The minimum absolute atomic E-state index is 0.280. The quantitative estimate of drug-likeness (QED) is 0.498. The van der Waals surface area contributed by atoms with Crippen LogP contribution in [-0.4, -0.2) is 25.2 Å². The normalized spacial score (nSPS) is 11.0. The Hall–Kier alpha value is -4.26. The molecule has 2 heterocycles. The lowest BCUT2D eigenvalue weighted by atomic mass is 9.92. The highest BCUT2D eigenvalue weighted by atomic mass is 16.6. The first-order chi connectivity index (χ1) is 14.6. The van der Waals surface area contributed by atoms with Crippen LogP contribution in [-0.2, 0) is 16.8 Å². The van der Waals surface area contributed by atoms with Gasteiger partial charge in [-0.3, -0.25) is 24.3 Å². The largest absolute Gasteiger partial charge is 0.309 e. The van der Waals surface area contributed by atoms with Gasteiger partial charge >= 0.3 is 0 Å². The van der Waals surface area contributed by atoms with Crippen LogP contribution < -0.4 is 10.9 Å². The number of hydrogen-bond acceptors (Lipinski definition) is 6. The minimum atomic E-state index is -0.782. The molecule has 0 aliphatic rings. The Morgan fingerprint density at radius 2 is 1.94 bits per heavy atom. The fourth-order valence-corrected chi connectivity index (χ4v) is 2.86. The highest BCUT2D eigenvalue weighted by Gasteiger charge is 2.22. The molecule has 158 valence electrons. The second kappa shape index (κ2) is 8.23. The van der Waals surface area contributed by atoms with E-state index in [9.17, 15) is 19.7 Å². The lowest BCUT2D eigenvalue weighted by Gasteiger charge is -2.14. The molecule has 0 aliphatic heterocycles. The standard InChI is InChI=1S/C21H20N6O4/c1-21(2,3)17-10-18(26(24-17)15-7-5-4-6-8-15)23-19(28)13-25-12-16(27(30)31)9-14(11-22)20(25)29/h4-10,12H,13H2,1-3H3,(H,23,28). The lowest BCUT2D eigenvalue weighted by Crippen LogP contribution is -2.29. The van der Waals surface area contributed by atoms with Gasteiger partial charge in [-0.05, 0) is 12.1 Å². The number of carbonyl (C=O) groups excluding carboxylic acids is 1. The molecule has 0 radical (unpaired) electrons. The third kappa shape index (κ3) is 4.67. The molecule has 0 unspecified atom stereocenters. The van der Waals surface area contributed by atoms with E-state index in [1.807, 2.05) is 51.1 Å². The van der Waals surface area contributed by atoms with E-state index in [2.05, 4.69) is 10.4 Å². The van der Waals surface area contributed by atoms with Crippen molar-refractivity contribution in [3.05, 3.63) is 80.4 Å². The molecule has 2 aromatic heterocycles. The van der Waals surface area contributed by atoms with E-state index in [-0.39, 0.29) is 5.41 Å². The number of hydrogen-bond donors (Lipinski definition) is 1. The SMILES string of the molecule is CC(C)(C)c1cc(NC(=O)Cn2cc([N+](=O)[O-])cc(C#N)c2=O)n(-c2ccccc2)n1. The first-order valence-corrected chi connectivity index (χ1v) is 9.35. The van der Waals surface area contributed by atoms with E-state index in [4.69, 9.17) is 5.26 Å². The van der Waals surface area contributed by atoms with Crippen LogP contribution in [0.25, 0.3) is 5.69 Å². The fraction of sp³-hybridized carbons (Fsp3) is 0.238. The molecule has 1 amide bonds. The molecule has 0 saturated carbocycles. The van der Waals surface area contributed by atoms with Crippen molar-refractivity contribution in [3.8, 4) is 11.8 Å². The Morgan fingerprint density at radius 1 is 1.26 bits per heavy atom. The van der Waals surface area contributed by atoms with Crippen LogP contribution in [0, 0.1) is 21.4 Å². The zero-order valence-corrected chi connectivity index (χ0v) is 17.2. The zero-order chi connectivity index (χ0) is 22.8. The van der Waals surface area contributed by atoms with Gasteiger partial charge in [-0.15, -0.1) is 0 Å². The van der Waals surface area contributed by atoms with Gasteiger partial charge in [-0.2, -0.15) is 10.4 Å². The van der Waals surface area contributed by atoms with Crippen LogP contribution in [0.15, 0.2) is 53.5 Å². The molecule has 1 N–H and O–H groups in total. The average molecular weight is 420 g/mol. The molecular formula is C21H20N6O4. The van der Waals surface area contributed by atoms with Crippen LogP contribution in [0.3, 0.4) is 0 Å². The van der Waals surface area contributed by atoms with Gasteiger partial charge in [0.1, 0.15) is 24.0 Å². The Bertz CT molecular complexity index is 1250. The van der Waals surface area contributed by atoms with E-state index in [1.54, 1.807) is 16.8 Å². The van der Waals surface area contributed by atoms with E-state index < -0.39 is 34.2 Å². The topological polar surface area (TPSA) is 136 Å². The number of anilines is 1. The summed E-state index contributed by atoms with van der Waals surface area (Å²) in [6, 6.07) is 13.4. The first-order valence-electron chi connectivity index (χ1n) is 9.35. The van der Waals surface area contributed by atoms with Crippen molar-refractivity contribution in [2.75, 3.05) is 5.32 Å². The first kappa shape index (κ1) is 21.4. The fourth-order valence-electron chi connectivity index (χ4n) is 2.86. The summed E-state index contributed by atoms with van der Waals surface area (Å²) in [7, 11) is 0. The van der Waals surface area contributed by atoms with Gasteiger partial charge in [-0.25, -0.2) is 4.68 Å². The summed E-state index contributed by atoms with van der Waals surface area (Å²) in [5.74, 6) is -0.205. The third-order valence-corrected chi connectivity index (χ3v) is 4.46. The second-order valence-corrected chi connectivity index (χ2v) is 7.87. The van der Waals surface area contributed by atoms with Crippen molar-refractivity contribution < 1.29 is 9.72 Å². The van der Waals surface area contributed by atoms with E-state index in [1.165, 1.54) is 0 Å². The van der Waals surface area contributed by atoms with Crippen LogP contribution in [0.4, 0.5) is 11.5 Å². The number of rotatable bonds is 5. The smallest absolute Gasteiger partial charge is 0.287 e. The maximum absolute atomic E-state index is 12.7. The van der Waals surface area contributed by atoms with Gasteiger partial charge in [0.25, 0.3) is 11.2 Å². The number of carbonyl (C=O) groups is 1. The summed E-state index contributed by atoms with van der Waals surface area (Å²) in [4.78, 5) is 35.3. The summed E-state index contributed by atoms with van der Waals surface area (Å²) in [5, 5.41) is 27.4. The Kier molecular flexibility index (Phi) is 5.70. The van der Waals surface area contributed by atoms with Crippen molar-refractivity contribution in [2.45, 2.75) is 32.7 Å². The highest BCUT2D eigenvalue weighted by Crippen LogP contribution is 2.26. The molecule has 10 heteroatoms. The number of nitrogens with one attached hydrogen (secondary N) is 1. The number of aromatic nitrogens is 3. The molecule has 0 fully saturated rings. The zero-order valence-electron chi connectivity index (χ0n) is 17.2. The number of nitrogens with zero attached hydrogens (tertiary/aromatic N) is 5. The molecule has 1 aromatic carbocycles. The molecule has 0 saturated heterocycles. The predicted octanol–water partition coefficient (Wildman–Crippen LogP) is 2.75. The van der Waals surface area contributed by atoms with Crippen molar-refractivity contribution in [1.29, 1.82) is 5.26 Å². The van der Waals surface area contributed by atoms with E-state index in [0.717, 1.165) is 28.2 Å². The van der Waals surface area contributed by atoms with Crippen molar-refractivity contribution in [1.82, 2.24) is 14.3 Å². The number of nitro groups is 1. The molecule has 0 bridgehead atoms. The number of benzene rings is 1. The maximum Gasteiger partial charge on any atom is 0.287 e. The Labute approximate surface area is 177 Å². The van der Waals surface area contributed by atoms with Crippen molar-refractivity contribution >= 4 is 17.4 Å². The second-order valence-electron chi connectivity index (χ2n) is 7.87. The van der Waals surface area contributed by atoms with Gasteiger partial charge in [0, 0.05) is 17.5 Å². The van der Waals surface area contributed by atoms with Crippen LogP contribution in [0.5, 0.6) is 0 Å². The molecule has 31 heavy (non-hydrogen) atoms. The van der Waals surface area contributed by atoms with E-state index in [0.29, 0.717) is 5.82 Å². The molecule has 0 spiro atoms. The van der Waals surface area contributed by atoms with Gasteiger partial charge in [0.05, 0.1) is 22.5 Å². The Morgan fingerprint density at radius 3 is 2.52 bits per heavy atom. The summed E-state index contributed by atoms with van der Waals surface area (Å²) in [6.07, 6.45) is 0.942. The summed E-state index contributed by atoms with van der Waals surface area (Å²) in [5.41, 5.74) is -0.452. The lowest BCUT2D eigenvalue weighted by molar-refractivity contribution is -0.385. The summed E-state index contributed by atoms with van der Waals surface area (Å²) < 4.78 is 2.43. The van der Waals surface area contributed by atoms with E-state index >= 15 is 0 Å². The van der Waals surface area contributed by atoms with Gasteiger partial charge < -0.3 is 5.32 Å². The molecule has 3 aromatic rings. The van der Waals surface area contributed by atoms with Gasteiger partial charge in [-0.1, -0.05) is 39.0 Å². The number of amides is 1. The monoisotopic (exact) mass is 420 g/mol. The number of para-hydroxylation sites is 1.